The lowest BCUT2D eigenvalue weighted by Gasteiger charge is -2.24. The molecule has 1 atom stereocenters. The van der Waals surface area contributed by atoms with E-state index in [0.717, 1.165) is 12.5 Å². The number of benzene rings is 1. The second-order valence-corrected chi connectivity index (χ2v) is 5.54. The normalized spacial score (nSPS) is 21.5. The Balaban J connectivity index is 2.22. The Labute approximate surface area is 122 Å². The molecule has 5 nitrogen and oxygen atoms in total. The first-order valence-electron chi connectivity index (χ1n) is 6.97. The maximum Gasteiger partial charge on any atom is 0.311 e. The first-order valence-corrected chi connectivity index (χ1v) is 6.97. The molecule has 1 unspecified atom stereocenters. The van der Waals surface area contributed by atoms with Gasteiger partial charge in [-0.05, 0) is 31.0 Å². The number of hydrogen-bond acceptors (Lipinski definition) is 3. The SMILES string of the molecule is CCCC1(C(=O)O)CCN(C(=O)c2cc(F)ccc2N)C1. The summed E-state index contributed by atoms with van der Waals surface area (Å²) in [6, 6.07) is 3.63. The van der Waals surface area contributed by atoms with Crippen molar-refractivity contribution in [2.24, 2.45) is 5.41 Å². The first kappa shape index (κ1) is 15.3. The van der Waals surface area contributed by atoms with Crippen molar-refractivity contribution < 1.29 is 19.1 Å². The van der Waals surface area contributed by atoms with Gasteiger partial charge in [0.1, 0.15) is 5.82 Å². The fraction of sp³-hybridized carbons (Fsp3) is 0.467. The lowest BCUT2D eigenvalue weighted by atomic mass is 9.83. The van der Waals surface area contributed by atoms with Gasteiger partial charge >= 0.3 is 5.97 Å². The van der Waals surface area contributed by atoms with E-state index in [9.17, 15) is 19.1 Å². The maximum absolute atomic E-state index is 13.3. The van der Waals surface area contributed by atoms with Crippen LogP contribution in [0.1, 0.15) is 36.5 Å². The minimum Gasteiger partial charge on any atom is -0.481 e. The lowest BCUT2D eigenvalue weighted by Crippen LogP contribution is -2.37. The number of anilines is 1. The number of carbonyl (C=O) groups is 2. The molecular formula is C15H19FN2O3. The van der Waals surface area contributed by atoms with Gasteiger partial charge in [0.15, 0.2) is 0 Å². The van der Waals surface area contributed by atoms with Crippen molar-refractivity contribution in [2.45, 2.75) is 26.2 Å². The average molecular weight is 294 g/mol. The van der Waals surface area contributed by atoms with Gasteiger partial charge < -0.3 is 15.7 Å². The fourth-order valence-corrected chi connectivity index (χ4v) is 2.89. The van der Waals surface area contributed by atoms with E-state index in [4.69, 9.17) is 5.73 Å². The molecule has 1 amide bonds. The number of carbonyl (C=O) groups excluding carboxylic acids is 1. The third-order valence-electron chi connectivity index (χ3n) is 4.07. The van der Waals surface area contributed by atoms with E-state index in [1.807, 2.05) is 6.92 Å². The zero-order valence-corrected chi connectivity index (χ0v) is 11.9. The van der Waals surface area contributed by atoms with Gasteiger partial charge in [0.25, 0.3) is 5.91 Å². The minimum atomic E-state index is -0.896. The summed E-state index contributed by atoms with van der Waals surface area (Å²) in [6.45, 7) is 2.41. The zero-order valence-electron chi connectivity index (χ0n) is 11.9. The summed E-state index contributed by atoms with van der Waals surface area (Å²) in [7, 11) is 0. The molecule has 2 rings (SSSR count). The Hall–Kier alpha value is -2.11. The van der Waals surface area contributed by atoms with Gasteiger partial charge in [-0.25, -0.2) is 4.39 Å². The minimum absolute atomic E-state index is 0.0905. The van der Waals surface area contributed by atoms with Crippen molar-refractivity contribution >= 4 is 17.6 Å². The third kappa shape index (κ3) is 2.84. The van der Waals surface area contributed by atoms with Crippen LogP contribution in [0.2, 0.25) is 0 Å². The quantitative estimate of drug-likeness (QED) is 0.833. The topological polar surface area (TPSA) is 83.6 Å². The molecule has 1 aromatic carbocycles. The highest BCUT2D eigenvalue weighted by atomic mass is 19.1. The molecule has 0 aromatic heterocycles. The second-order valence-electron chi connectivity index (χ2n) is 5.54. The van der Waals surface area contributed by atoms with E-state index in [0.29, 0.717) is 19.4 Å². The van der Waals surface area contributed by atoms with Crippen molar-refractivity contribution in [1.82, 2.24) is 4.90 Å². The molecule has 1 fully saturated rings. The highest BCUT2D eigenvalue weighted by Crippen LogP contribution is 2.36. The van der Waals surface area contributed by atoms with Crippen LogP contribution in [-0.4, -0.2) is 35.0 Å². The number of rotatable bonds is 4. The fourth-order valence-electron chi connectivity index (χ4n) is 2.89. The number of carboxylic acids is 1. The summed E-state index contributed by atoms with van der Waals surface area (Å²) < 4.78 is 13.3. The smallest absolute Gasteiger partial charge is 0.311 e. The van der Waals surface area contributed by atoms with Crippen LogP contribution in [0.25, 0.3) is 0 Å². The monoisotopic (exact) mass is 294 g/mol. The van der Waals surface area contributed by atoms with Crippen LogP contribution in [-0.2, 0) is 4.79 Å². The van der Waals surface area contributed by atoms with E-state index >= 15 is 0 Å². The van der Waals surface area contributed by atoms with E-state index in [1.54, 1.807) is 0 Å². The predicted molar refractivity (Wildman–Crippen MR) is 76.3 cm³/mol. The summed E-state index contributed by atoms with van der Waals surface area (Å²) in [5.41, 5.74) is 5.11. The van der Waals surface area contributed by atoms with Gasteiger partial charge in [0.05, 0.1) is 11.0 Å². The predicted octanol–water partition coefficient (Wildman–Crippen LogP) is 2.12. The van der Waals surface area contributed by atoms with Crippen LogP contribution in [0.5, 0.6) is 0 Å². The van der Waals surface area contributed by atoms with Gasteiger partial charge in [-0.2, -0.15) is 0 Å². The molecule has 3 N–H and O–H groups in total. The molecular weight excluding hydrogens is 275 g/mol. The number of hydrogen-bond donors (Lipinski definition) is 2. The van der Waals surface area contributed by atoms with Crippen molar-refractivity contribution in [2.75, 3.05) is 18.8 Å². The Morgan fingerprint density at radius 1 is 1.48 bits per heavy atom. The summed E-state index contributed by atoms with van der Waals surface area (Å²) >= 11 is 0. The molecule has 1 aliphatic rings. The van der Waals surface area contributed by atoms with Gasteiger partial charge in [-0.15, -0.1) is 0 Å². The number of nitrogens with zero attached hydrogens (tertiary/aromatic N) is 1. The second kappa shape index (κ2) is 5.71. The number of aliphatic carboxylic acids is 1. The van der Waals surface area contributed by atoms with Crippen LogP contribution in [0.3, 0.4) is 0 Å². The molecule has 0 saturated carbocycles. The summed E-state index contributed by atoms with van der Waals surface area (Å²) in [4.78, 5) is 25.4. The summed E-state index contributed by atoms with van der Waals surface area (Å²) in [6.07, 6.45) is 1.66. The molecule has 6 heteroatoms. The Morgan fingerprint density at radius 2 is 2.19 bits per heavy atom. The van der Waals surface area contributed by atoms with Crippen LogP contribution in [0.15, 0.2) is 18.2 Å². The Kier molecular flexibility index (Phi) is 4.16. The maximum atomic E-state index is 13.3. The van der Waals surface area contributed by atoms with Gasteiger partial charge in [-0.1, -0.05) is 13.3 Å². The lowest BCUT2D eigenvalue weighted by molar-refractivity contribution is -0.148. The summed E-state index contributed by atoms with van der Waals surface area (Å²) in [5.74, 6) is -1.83. The van der Waals surface area contributed by atoms with E-state index in [-0.39, 0.29) is 17.8 Å². The van der Waals surface area contributed by atoms with Crippen LogP contribution in [0.4, 0.5) is 10.1 Å². The molecule has 1 aromatic rings. The molecule has 0 bridgehead atoms. The number of nitrogens with two attached hydrogens (primary N) is 1. The highest BCUT2D eigenvalue weighted by molar-refractivity contribution is 5.99. The average Bonchev–Trinajstić information content (AvgIpc) is 2.87. The third-order valence-corrected chi connectivity index (χ3v) is 4.07. The molecule has 0 aliphatic carbocycles. The molecule has 1 heterocycles. The van der Waals surface area contributed by atoms with Crippen LogP contribution >= 0.6 is 0 Å². The Bertz CT molecular complexity index is 576. The van der Waals surface area contributed by atoms with Gasteiger partial charge in [-0.3, -0.25) is 9.59 Å². The Morgan fingerprint density at radius 3 is 2.81 bits per heavy atom. The molecule has 0 radical (unpaired) electrons. The van der Waals surface area contributed by atoms with Crippen molar-refractivity contribution in [3.8, 4) is 0 Å². The van der Waals surface area contributed by atoms with Crippen molar-refractivity contribution in [1.29, 1.82) is 0 Å². The van der Waals surface area contributed by atoms with Crippen LogP contribution < -0.4 is 5.73 Å². The molecule has 1 saturated heterocycles. The molecule has 21 heavy (non-hydrogen) atoms. The largest absolute Gasteiger partial charge is 0.481 e. The van der Waals surface area contributed by atoms with E-state index < -0.39 is 23.1 Å². The number of carboxylic acid groups (broad SMARTS) is 1. The van der Waals surface area contributed by atoms with Crippen molar-refractivity contribution in [3.63, 3.8) is 0 Å². The van der Waals surface area contributed by atoms with Gasteiger partial charge in [0.2, 0.25) is 0 Å². The molecule has 0 spiro atoms. The number of amides is 1. The number of nitrogen functional groups attached to an aromatic ring is 1. The number of halogens is 1. The van der Waals surface area contributed by atoms with E-state index in [2.05, 4.69) is 0 Å². The standard InChI is InChI=1S/C15H19FN2O3/c1-2-5-15(14(20)21)6-7-18(9-15)13(19)11-8-10(16)3-4-12(11)17/h3-4,8H,2,5-7,9,17H2,1H3,(H,20,21). The summed E-state index contributed by atoms with van der Waals surface area (Å²) in [5, 5.41) is 9.44. The van der Waals surface area contributed by atoms with Crippen molar-refractivity contribution in [3.05, 3.63) is 29.6 Å². The van der Waals surface area contributed by atoms with Crippen LogP contribution in [0, 0.1) is 11.2 Å². The molecule has 1 aliphatic heterocycles. The van der Waals surface area contributed by atoms with Gasteiger partial charge in [0, 0.05) is 18.8 Å². The first-order chi connectivity index (χ1) is 9.89. The highest BCUT2D eigenvalue weighted by Gasteiger charge is 2.45. The van der Waals surface area contributed by atoms with E-state index in [1.165, 1.54) is 17.0 Å². The number of likely N-dealkylation sites (tertiary alicyclic amines) is 1. The molecule has 114 valence electrons. The zero-order chi connectivity index (χ0) is 15.6.